The van der Waals surface area contributed by atoms with Gasteiger partial charge in [0.25, 0.3) is 0 Å². The molecule has 0 aliphatic heterocycles. The van der Waals surface area contributed by atoms with Gasteiger partial charge in [0.05, 0.1) is 10.7 Å². The van der Waals surface area contributed by atoms with Gasteiger partial charge in [-0.1, -0.05) is 17.7 Å². The minimum Gasteiger partial charge on any atom is -0.506 e. The molecule has 0 spiro atoms. The van der Waals surface area contributed by atoms with Crippen LogP contribution in [0.5, 0.6) is 5.75 Å². The molecular weight excluding hydrogens is 260 g/mol. The van der Waals surface area contributed by atoms with Crippen LogP contribution in [0.2, 0.25) is 5.02 Å². The van der Waals surface area contributed by atoms with E-state index in [1.807, 2.05) is 0 Å². The molecular formula is C13H10ClF2NO. The summed E-state index contributed by atoms with van der Waals surface area (Å²) in [5.41, 5.74) is 0.834. The molecule has 2 rings (SSSR count). The van der Waals surface area contributed by atoms with Crippen molar-refractivity contribution >= 4 is 17.3 Å². The first-order chi connectivity index (χ1) is 8.56. The zero-order chi connectivity index (χ0) is 13.1. The van der Waals surface area contributed by atoms with E-state index < -0.39 is 11.6 Å². The van der Waals surface area contributed by atoms with Gasteiger partial charge < -0.3 is 10.4 Å². The molecule has 0 amide bonds. The fourth-order valence-corrected chi connectivity index (χ4v) is 1.69. The van der Waals surface area contributed by atoms with E-state index in [9.17, 15) is 13.9 Å². The molecule has 0 atom stereocenters. The summed E-state index contributed by atoms with van der Waals surface area (Å²) in [4.78, 5) is 0. The summed E-state index contributed by atoms with van der Waals surface area (Å²) in [6, 6.07) is 7.84. The summed E-state index contributed by atoms with van der Waals surface area (Å²) < 4.78 is 26.2. The average Bonchev–Trinajstić information content (AvgIpc) is 2.34. The molecule has 2 nitrogen and oxygen atoms in total. The van der Waals surface area contributed by atoms with Crippen molar-refractivity contribution in [3.63, 3.8) is 0 Å². The maximum Gasteiger partial charge on any atom is 0.146 e. The summed E-state index contributed by atoms with van der Waals surface area (Å²) in [6.07, 6.45) is 0. The molecule has 0 fully saturated rings. The molecule has 0 saturated heterocycles. The molecule has 0 aliphatic rings. The van der Waals surface area contributed by atoms with Gasteiger partial charge in [0.15, 0.2) is 0 Å². The molecule has 2 aromatic rings. The first-order valence-electron chi connectivity index (χ1n) is 5.22. The first kappa shape index (κ1) is 12.6. The molecule has 0 saturated carbocycles. The highest BCUT2D eigenvalue weighted by Gasteiger charge is 2.04. The van der Waals surface area contributed by atoms with Gasteiger partial charge in [0.2, 0.25) is 0 Å². The van der Waals surface area contributed by atoms with Crippen LogP contribution in [0, 0.1) is 11.6 Å². The third kappa shape index (κ3) is 2.90. The number of rotatable bonds is 3. The second kappa shape index (κ2) is 5.23. The van der Waals surface area contributed by atoms with Gasteiger partial charge in [-0.25, -0.2) is 8.78 Å². The summed E-state index contributed by atoms with van der Waals surface area (Å²) in [5, 5.41) is 12.2. The van der Waals surface area contributed by atoms with Crippen LogP contribution < -0.4 is 5.32 Å². The molecule has 2 aromatic carbocycles. The highest BCUT2D eigenvalue weighted by molar-refractivity contribution is 6.32. The average molecular weight is 270 g/mol. The molecule has 18 heavy (non-hydrogen) atoms. The molecule has 0 aliphatic carbocycles. The zero-order valence-corrected chi connectivity index (χ0v) is 10.0. The van der Waals surface area contributed by atoms with Crippen LogP contribution >= 0.6 is 11.6 Å². The van der Waals surface area contributed by atoms with Gasteiger partial charge in [-0.15, -0.1) is 0 Å². The highest BCUT2D eigenvalue weighted by atomic mass is 35.5. The number of halogens is 3. The van der Waals surface area contributed by atoms with Gasteiger partial charge in [0.1, 0.15) is 17.4 Å². The maximum absolute atomic E-state index is 13.3. The van der Waals surface area contributed by atoms with Crippen LogP contribution in [-0.2, 0) is 6.54 Å². The van der Waals surface area contributed by atoms with Crippen LogP contribution in [0.1, 0.15) is 5.56 Å². The Hall–Kier alpha value is -1.81. The summed E-state index contributed by atoms with van der Waals surface area (Å²) in [6.45, 7) is 0.278. The van der Waals surface area contributed by atoms with E-state index in [0.29, 0.717) is 0 Å². The molecule has 0 radical (unpaired) electrons. The van der Waals surface area contributed by atoms with Gasteiger partial charge in [-0.3, -0.25) is 0 Å². The van der Waals surface area contributed by atoms with E-state index in [1.54, 1.807) is 12.1 Å². The van der Waals surface area contributed by atoms with E-state index in [1.165, 1.54) is 6.07 Å². The Balaban J connectivity index is 2.11. The number of aromatic hydroxyl groups is 1. The van der Waals surface area contributed by atoms with Crippen molar-refractivity contribution in [3.8, 4) is 5.75 Å². The Bertz CT molecular complexity index is 575. The summed E-state index contributed by atoms with van der Waals surface area (Å²) >= 11 is 5.74. The fraction of sp³-hybridized carbons (Fsp3) is 0.0769. The lowest BCUT2D eigenvalue weighted by Crippen LogP contribution is -2.01. The largest absolute Gasteiger partial charge is 0.506 e. The minimum atomic E-state index is -0.527. The molecule has 0 heterocycles. The molecule has 94 valence electrons. The molecule has 0 unspecified atom stereocenters. The lowest BCUT2D eigenvalue weighted by atomic mass is 10.2. The normalized spacial score (nSPS) is 10.4. The fourth-order valence-electron chi connectivity index (χ4n) is 1.49. The van der Waals surface area contributed by atoms with E-state index >= 15 is 0 Å². The van der Waals surface area contributed by atoms with Gasteiger partial charge in [-0.2, -0.15) is 0 Å². The Labute approximate surface area is 108 Å². The second-order valence-corrected chi connectivity index (χ2v) is 4.17. The predicted molar refractivity (Wildman–Crippen MR) is 66.8 cm³/mol. The van der Waals surface area contributed by atoms with E-state index in [2.05, 4.69) is 5.32 Å². The lowest BCUT2D eigenvalue weighted by Gasteiger charge is -2.08. The third-order valence-corrected chi connectivity index (χ3v) is 2.73. The minimum absolute atomic E-state index is 0.0163. The number of hydrogen-bond donors (Lipinski definition) is 2. The first-order valence-corrected chi connectivity index (χ1v) is 5.60. The van der Waals surface area contributed by atoms with Crippen molar-refractivity contribution in [3.05, 3.63) is 58.6 Å². The van der Waals surface area contributed by atoms with Gasteiger partial charge in [-0.05, 0) is 35.9 Å². The van der Waals surface area contributed by atoms with E-state index in [-0.39, 0.29) is 23.0 Å². The smallest absolute Gasteiger partial charge is 0.146 e. The molecule has 0 bridgehead atoms. The van der Waals surface area contributed by atoms with Crippen LogP contribution in [0.3, 0.4) is 0 Å². The molecule has 0 aromatic heterocycles. The number of anilines is 1. The highest BCUT2D eigenvalue weighted by Crippen LogP contribution is 2.24. The monoisotopic (exact) mass is 269 g/mol. The Morgan fingerprint density at radius 2 is 1.89 bits per heavy atom. The summed E-state index contributed by atoms with van der Waals surface area (Å²) in [5.74, 6) is -1.05. The van der Waals surface area contributed by atoms with Crippen LogP contribution in [0.4, 0.5) is 14.5 Å². The standard InChI is InChI=1S/C13H10ClF2NO/c14-10-5-8(1-4-13(10)18)7-17-12-6-9(15)2-3-11(12)16/h1-6,17-18H,7H2. The predicted octanol–water partition coefficient (Wildman–Crippen LogP) is 3.94. The molecule has 5 heteroatoms. The van der Waals surface area contributed by atoms with Crippen molar-refractivity contribution in [1.82, 2.24) is 0 Å². The third-order valence-electron chi connectivity index (χ3n) is 2.42. The van der Waals surface area contributed by atoms with Crippen molar-refractivity contribution in [1.29, 1.82) is 0 Å². The second-order valence-electron chi connectivity index (χ2n) is 3.76. The SMILES string of the molecule is Oc1ccc(CNc2cc(F)ccc2F)cc1Cl. The van der Waals surface area contributed by atoms with Crippen molar-refractivity contribution < 1.29 is 13.9 Å². The zero-order valence-electron chi connectivity index (χ0n) is 9.25. The van der Waals surface area contributed by atoms with Crippen LogP contribution in [-0.4, -0.2) is 5.11 Å². The Kier molecular flexibility index (Phi) is 3.67. The quantitative estimate of drug-likeness (QED) is 0.885. The number of benzene rings is 2. The van der Waals surface area contributed by atoms with Gasteiger partial charge in [0, 0.05) is 6.54 Å². The lowest BCUT2D eigenvalue weighted by molar-refractivity contribution is 0.475. The van der Waals surface area contributed by atoms with Crippen molar-refractivity contribution in [2.24, 2.45) is 0 Å². The number of phenols is 1. The number of phenolic OH excluding ortho intramolecular Hbond substituents is 1. The van der Waals surface area contributed by atoms with Crippen LogP contribution in [0.25, 0.3) is 0 Å². The number of hydrogen-bond acceptors (Lipinski definition) is 2. The van der Waals surface area contributed by atoms with E-state index in [4.69, 9.17) is 11.6 Å². The van der Waals surface area contributed by atoms with Crippen molar-refractivity contribution in [2.45, 2.75) is 6.54 Å². The molecule has 2 N–H and O–H groups in total. The Morgan fingerprint density at radius 1 is 1.11 bits per heavy atom. The van der Waals surface area contributed by atoms with E-state index in [0.717, 1.165) is 23.8 Å². The maximum atomic E-state index is 13.3. The Morgan fingerprint density at radius 3 is 2.61 bits per heavy atom. The van der Waals surface area contributed by atoms with Gasteiger partial charge >= 0.3 is 0 Å². The van der Waals surface area contributed by atoms with Crippen molar-refractivity contribution in [2.75, 3.05) is 5.32 Å². The number of nitrogens with one attached hydrogen (secondary N) is 1. The summed E-state index contributed by atoms with van der Waals surface area (Å²) in [7, 11) is 0. The topological polar surface area (TPSA) is 32.3 Å². The van der Waals surface area contributed by atoms with Crippen LogP contribution in [0.15, 0.2) is 36.4 Å².